The van der Waals surface area contributed by atoms with Crippen molar-refractivity contribution >= 4 is 18.7 Å². The summed E-state index contributed by atoms with van der Waals surface area (Å²) in [5.41, 5.74) is 2.33. The van der Waals surface area contributed by atoms with Crippen molar-refractivity contribution < 1.29 is 23.7 Å². The average molecular weight is 547 g/mol. The largest absolute Gasteiger partial charge is 0.497 e. The molecule has 1 saturated heterocycles. The van der Waals surface area contributed by atoms with Crippen LogP contribution in [-0.2, 0) is 20.5 Å². The SMILES string of the molecule is COc1ccc(COC[C@H]2C/C(=C\CO[Si](c3ccccc3)(c3ccccc3)C(C)(C)C)C[C@@H](CO)O2)cc1. The van der Waals surface area contributed by atoms with Crippen molar-refractivity contribution in [3.05, 3.63) is 102 Å². The zero-order valence-corrected chi connectivity index (χ0v) is 24.6. The lowest BCUT2D eigenvalue weighted by Gasteiger charge is -2.43. The van der Waals surface area contributed by atoms with E-state index in [1.165, 1.54) is 15.9 Å². The molecule has 39 heavy (non-hydrogen) atoms. The topological polar surface area (TPSA) is 57.2 Å². The third-order valence-corrected chi connectivity index (χ3v) is 12.4. The number of methoxy groups -OCH3 is 1. The Balaban J connectivity index is 1.47. The fourth-order valence-corrected chi connectivity index (χ4v) is 9.97. The van der Waals surface area contributed by atoms with Gasteiger partial charge in [-0.3, -0.25) is 0 Å². The number of benzene rings is 3. The molecule has 0 radical (unpaired) electrons. The molecule has 0 aliphatic carbocycles. The van der Waals surface area contributed by atoms with Crippen LogP contribution < -0.4 is 15.1 Å². The lowest BCUT2D eigenvalue weighted by atomic mass is 9.98. The van der Waals surface area contributed by atoms with Crippen LogP contribution in [0, 0.1) is 0 Å². The summed E-state index contributed by atoms with van der Waals surface area (Å²) in [6.07, 6.45) is 3.35. The van der Waals surface area contributed by atoms with Gasteiger partial charge in [0.2, 0.25) is 0 Å². The van der Waals surface area contributed by atoms with Crippen LogP contribution in [-0.4, -0.2) is 52.6 Å². The van der Waals surface area contributed by atoms with Gasteiger partial charge in [0.25, 0.3) is 8.32 Å². The fraction of sp³-hybridized carbons (Fsp3) is 0.394. The predicted molar refractivity (Wildman–Crippen MR) is 159 cm³/mol. The van der Waals surface area contributed by atoms with Gasteiger partial charge >= 0.3 is 0 Å². The number of rotatable bonds is 11. The summed E-state index contributed by atoms with van der Waals surface area (Å²) in [4.78, 5) is 0. The van der Waals surface area contributed by atoms with Crippen molar-refractivity contribution in [1.82, 2.24) is 0 Å². The van der Waals surface area contributed by atoms with Crippen molar-refractivity contribution in [2.24, 2.45) is 0 Å². The highest BCUT2D eigenvalue weighted by atomic mass is 28.4. The van der Waals surface area contributed by atoms with E-state index in [1.807, 2.05) is 24.3 Å². The molecule has 3 aromatic carbocycles. The summed E-state index contributed by atoms with van der Waals surface area (Å²) in [6.45, 7) is 8.34. The van der Waals surface area contributed by atoms with E-state index in [2.05, 4.69) is 87.5 Å². The molecule has 1 fully saturated rings. The molecule has 4 rings (SSSR count). The molecule has 0 saturated carbocycles. The van der Waals surface area contributed by atoms with Crippen molar-refractivity contribution in [1.29, 1.82) is 0 Å². The van der Waals surface area contributed by atoms with Crippen LogP contribution in [0.1, 0.15) is 39.2 Å². The highest BCUT2D eigenvalue weighted by molar-refractivity contribution is 6.99. The van der Waals surface area contributed by atoms with E-state index >= 15 is 0 Å². The maximum Gasteiger partial charge on any atom is 0.261 e. The van der Waals surface area contributed by atoms with E-state index in [-0.39, 0.29) is 23.9 Å². The Morgan fingerprint density at radius 1 is 0.872 bits per heavy atom. The zero-order chi connectivity index (χ0) is 27.7. The number of ether oxygens (including phenoxy) is 3. The number of hydrogen-bond donors (Lipinski definition) is 1. The van der Waals surface area contributed by atoms with E-state index in [0.717, 1.165) is 17.7 Å². The first-order valence-corrected chi connectivity index (χ1v) is 15.7. The first-order valence-electron chi connectivity index (χ1n) is 13.8. The zero-order valence-electron chi connectivity index (χ0n) is 23.6. The van der Waals surface area contributed by atoms with E-state index in [0.29, 0.717) is 26.2 Å². The van der Waals surface area contributed by atoms with Crippen LogP contribution in [0.4, 0.5) is 0 Å². The summed E-state index contributed by atoms with van der Waals surface area (Å²) in [5, 5.41) is 12.4. The van der Waals surface area contributed by atoms with Crippen LogP contribution in [0.3, 0.4) is 0 Å². The van der Waals surface area contributed by atoms with Gasteiger partial charge in [0.15, 0.2) is 0 Å². The van der Waals surface area contributed by atoms with Gasteiger partial charge in [-0.15, -0.1) is 0 Å². The van der Waals surface area contributed by atoms with Crippen LogP contribution >= 0.6 is 0 Å². The second-order valence-electron chi connectivity index (χ2n) is 11.2. The molecular formula is C33H42O5Si. The summed E-state index contributed by atoms with van der Waals surface area (Å²) in [6, 6.07) is 29.3. The van der Waals surface area contributed by atoms with Gasteiger partial charge < -0.3 is 23.7 Å². The van der Waals surface area contributed by atoms with Gasteiger partial charge in [-0.05, 0) is 45.9 Å². The lowest BCUT2D eigenvalue weighted by Crippen LogP contribution is -2.66. The molecule has 1 heterocycles. The second kappa shape index (κ2) is 13.6. The molecule has 6 heteroatoms. The smallest absolute Gasteiger partial charge is 0.261 e. The van der Waals surface area contributed by atoms with Gasteiger partial charge in [0, 0.05) is 0 Å². The molecule has 1 N–H and O–H groups in total. The van der Waals surface area contributed by atoms with Gasteiger partial charge in [0.1, 0.15) is 5.75 Å². The molecule has 0 unspecified atom stereocenters. The quantitative estimate of drug-likeness (QED) is 0.263. The maximum absolute atomic E-state index is 9.91. The first kappa shape index (κ1) is 29.2. The molecule has 0 aromatic heterocycles. The third-order valence-electron chi connectivity index (χ3n) is 7.39. The monoisotopic (exact) mass is 546 g/mol. The summed E-state index contributed by atoms with van der Waals surface area (Å²) < 4.78 is 24.4. The van der Waals surface area contributed by atoms with E-state index < -0.39 is 8.32 Å². The molecule has 0 bridgehead atoms. The van der Waals surface area contributed by atoms with Gasteiger partial charge in [-0.2, -0.15) is 0 Å². The summed E-state index contributed by atoms with van der Waals surface area (Å²) in [7, 11) is -0.939. The standard InChI is InChI=1S/C33H42O5Si/c1-33(2,3)39(31-11-7-5-8-12-31,32-13-9-6-10-14-32)37-20-19-27-21-29(23-34)38-30(22-27)25-36-24-26-15-17-28(35-4)18-16-26/h5-19,29-30,34H,20-25H2,1-4H3/b27-19-/t29-,30+/m0/s1. The Kier molecular flexibility index (Phi) is 10.2. The molecule has 1 aliphatic heterocycles. The van der Waals surface area contributed by atoms with Gasteiger partial charge in [-0.1, -0.05) is 105 Å². The second-order valence-corrected chi connectivity index (χ2v) is 15.5. The maximum atomic E-state index is 9.91. The normalized spacial score (nSPS) is 19.3. The third kappa shape index (κ3) is 7.27. The van der Waals surface area contributed by atoms with Crippen molar-refractivity contribution in [2.75, 3.05) is 26.9 Å². The molecule has 208 valence electrons. The fourth-order valence-electron chi connectivity index (χ4n) is 5.49. The lowest BCUT2D eigenvalue weighted by molar-refractivity contribution is -0.0900. The molecule has 1 aliphatic rings. The highest BCUT2D eigenvalue weighted by Crippen LogP contribution is 2.37. The molecule has 5 nitrogen and oxygen atoms in total. The van der Waals surface area contributed by atoms with E-state index in [1.54, 1.807) is 7.11 Å². The Morgan fingerprint density at radius 3 is 2.00 bits per heavy atom. The van der Waals surface area contributed by atoms with E-state index in [9.17, 15) is 5.11 Å². The Labute approximate surface area is 234 Å². The van der Waals surface area contributed by atoms with Crippen LogP contribution in [0.5, 0.6) is 5.75 Å². The van der Waals surface area contributed by atoms with Gasteiger partial charge in [0.05, 0.1) is 45.7 Å². The molecule has 3 aromatic rings. The summed E-state index contributed by atoms with van der Waals surface area (Å²) >= 11 is 0. The van der Waals surface area contributed by atoms with Crippen LogP contribution in [0.25, 0.3) is 0 Å². The average Bonchev–Trinajstić information content (AvgIpc) is 2.96. The molecular weight excluding hydrogens is 504 g/mol. The predicted octanol–water partition coefficient (Wildman–Crippen LogP) is 5.25. The summed E-state index contributed by atoms with van der Waals surface area (Å²) in [5.74, 6) is 0.829. The number of hydrogen-bond acceptors (Lipinski definition) is 5. The van der Waals surface area contributed by atoms with Crippen LogP contribution in [0.2, 0.25) is 5.04 Å². The number of aliphatic hydroxyl groups excluding tert-OH is 1. The molecule has 0 amide bonds. The molecule has 2 atom stereocenters. The Morgan fingerprint density at radius 2 is 1.46 bits per heavy atom. The van der Waals surface area contributed by atoms with E-state index in [4.69, 9.17) is 18.6 Å². The minimum Gasteiger partial charge on any atom is -0.497 e. The number of aliphatic hydroxyl groups is 1. The van der Waals surface area contributed by atoms with Crippen molar-refractivity contribution in [3.8, 4) is 5.75 Å². The van der Waals surface area contributed by atoms with Crippen molar-refractivity contribution in [2.45, 2.75) is 57.5 Å². The molecule has 0 spiro atoms. The van der Waals surface area contributed by atoms with Gasteiger partial charge in [-0.25, -0.2) is 0 Å². The minimum atomic E-state index is -2.60. The van der Waals surface area contributed by atoms with Crippen LogP contribution in [0.15, 0.2) is 96.6 Å². The highest BCUT2D eigenvalue weighted by Gasteiger charge is 2.49. The first-order chi connectivity index (χ1) is 18.9. The Bertz CT molecular complexity index is 1130. The Hall–Kier alpha value is -2.74. The van der Waals surface area contributed by atoms with Crippen molar-refractivity contribution in [3.63, 3.8) is 0 Å². The minimum absolute atomic E-state index is 0.0120.